The number of hydrogen-bond donors (Lipinski definition) is 1. The second kappa shape index (κ2) is 6.56. The molecule has 1 N–H and O–H groups in total. The Morgan fingerprint density at radius 1 is 1.35 bits per heavy atom. The van der Waals surface area contributed by atoms with Crippen molar-refractivity contribution in [1.82, 2.24) is 4.98 Å². The largest absolute Gasteiger partial charge is 0.379 e. The Morgan fingerprint density at radius 2 is 2.10 bits per heavy atom. The number of halogens is 1. The average Bonchev–Trinajstić information content (AvgIpc) is 2.82. The van der Waals surface area contributed by atoms with Crippen molar-refractivity contribution in [2.24, 2.45) is 0 Å². The van der Waals surface area contributed by atoms with E-state index in [1.165, 1.54) is 11.3 Å². The molecule has 2 rings (SSSR count). The van der Waals surface area contributed by atoms with E-state index in [2.05, 4.69) is 10.3 Å². The summed E-state index contributed by atoms with van der Waals surface area (Å²) in [5, 5.41) is 3.14. The molecule has 0 aliphatic carbocycles. The lowest BCUT2D eigenvalue weighted by Crippen LogP contribution is -2.10. The summed E-state index contributed by atoms with van der Waals surface area (Å²) in [6, 6.07) is 6.95. The van der Waals surface area contributed by atoms with Gasteiger partial charge in [-0.1, -0.05) is 30.7 Å². The highest BCUT2D eigenvalue weighted by Crippen LogP contribution is 2.24. The van der Waals surface area contributed by atoms with Gasteiger partial charge in [0.1, 0.15) is 0 Å². The number of hydrogen-bond acceptors (Lipinski definition) is 5. The summed E-state index contributed by atoms with van der Waals surface area (Å²) in [6.45, 7) is 2.36. The maximum absolute atomic E-state index is 12.2. The fourth-order valence-electron chi connectivity index (χ4n) is 1.81. The van der Waals surface area contributed by atoms with Crippen LogP contribution in [0.15, 0.2) is 35.4 Å². The van der Waals surface area contributed by atoms with Crippen LogP contribution in [-0.2, 0) is 16.4 Å². The number of para-hydroxylation sites is 1. The van der Waals surface area contributed by atoms with E-state index in [1.54, 1.807) is 24.4 Å². The first kappa shape index (κ1) is 15.3. The highest BCUT2D eigenvalue weighted by atomic mass is 35.5. The van der Waals surface area contributed by atoms with Gasteiger partial charge in [-0.3, -0.25) is 0 Å². The van der Waals surface area contributed by atoms with E-state index in [0.29, 0.717) is 28.0 Å². The Bertz CT molecular complexity index is 683. The van der Waals surface area contributed by atoms with Crippen LogP contribution in [0.1, 0.15) is 18.2 Å². The van der Waals surface area contributed by atoms with E-state index in [4.69, 9.17) is 11.6 Å². The minimum Gasteiger partial charge on any atom is -0.379 e. The molecule has 2 aromatic rings. The van der Waals surface area contributed by atoms with Gasteiger partial charge in [0.05, 0.1) is 22.9 Å². The lowest BCUT2D eigenvalue weighted by molar-refractivity contribution is 0.595. The number of aromatic nitrogens is 1. The molecular weight excluding hydrogens is 316 g/mol. The molecule has 0 radical (unpaired) electrons. The second-order valence-electron chi connectivity index (χ2n) is 4.25. The summed E-state index contributed by atoms with van der Waals surface area (Å²) in [6.07, 6.45) is 2.28. The van der Waals surface area contributed by atoms with Crippen LogP contribution in [0.2, 0.25) is 4.47 Å². The van der Waals surface area contributed by atoms with Crippen LogP contribution in [0, 0.1) is 0 Å². The summed E-state index contributed by atoms with van der Waals surface area (Å²) in [7, 11) is -3.24. The van der Waals surface area contributed by atoms with Gasteiger partial charge in [-0.05, 0) is 18.6 Å². The lowest BCUT2D eigenvalue weighted by Gasteiger charge is -2.11. The van der Waals surface area contributed by atoms with Gasteiger partial charge in [0, 0.05) is 11.1 Å². The van der Waals surface area contributed by atoms with Crippen molar-refractivity contribution in [3.8, 4) is 0 Å². The first-order chi connectivity index (χ1) is 9.53. The SMILES string of the molecule is CCCS(=O)(=O)c1ccccc1NCc1cnc(Cl)s1. The molecule has 7 heteroatoms. The van der Waals surface area contributed by atoms with Crippen LogP contribution < -0.4 is 5.32 Å². The monoisotopic (exact) mass is 330 g/mol. The van der Waals surface area contributed by atoms with Crippen molar-refractivity contribution < 1.29 is 8.42 Å². The predicted molar refractivity (Wildman–Crippen MR) is 83.2 cm³/mol. The molecule has 20 heavy (non-hydrogen) atoms. The van der Waals surface area contributed by atoms with Crippen molar-refractivity contribution in [3.63, 3.8) is 0 Å². The lowest BCUT2D eigenvalue weighted by atomic mass is 10.3. The smallest absolute Gasteiger partial charge is 0.183 e. The summed E-state index contributed by atoms with van der Waals surface area (Å²) in [4.78, 5) is 5.26. The van der Waals surface area contributed by atoms with E-state index in [9.17, 15) is 8.42 Å². The molecule has 0 atom stereocenters. The Kier molecular flexibility index (Phi) is 5.01. The Morgan fingerprint density at radius 3 is 2.75 bits per heavy atom. The molecular formula is C13H15ClN2O2S2. The Hall–Kier alpha value is -1.11. The van der Waals surface area contributed by atoms with E-state index in [0.717, 1.165) is 4.88 Å². The normalized spacial score (nSPS) is 11.5. The molecule has 0 aliphatic rings. The first-order valence-electron chi connectivity index (χ1n) is 6.19. The second-order valence-corrected chi connectivity index (χ2v) is 8.02. The quantitative estimate of drug-likeness (QED) is 0.879. The number of thiazole rings is 1. The molecule has 0 saturated carbocycles. The third-order valence-electron chi connectivity index (χ3n) is 2.67. The minimum atomic E-state index is -3.24. The minimum absolute atomic E-state index is 0.151. The summed E-state index contributed by atoms with van der Waals surface area (Å²) < 4.78 is 24.9. The number of nitrogens with one attached hydrogen (secondary N) is 1. The predicted octanol–water partition coefficient (Wildman–Crippen LogP) is 3.59. The number of nitrogens with zero attached hydrogens (tertiary/aromatic N) is 1. The number of benzene rings is 1. The van der Waals surface area contributed by atoms with Crippen LogP contribution in [0.4, 0.5) is 5.69 Å². The first-order valence-corrected chi connectivity index (χ1v) is 9.03. The topological polar surface area (TPSA) is 59.1 Å². The van der Waals surface area contributed by atoms with E-state index < -0.39 is 9.84 Å². The van der Waals surface area contributed by atoms with Crippen LogP contribution in [0.25, 0.3) is 0 Å². The maximum Gasteiger partial charge on any atom is 0.183 e. The molecule has 1 heterocycles. The van der Waals surface area contributed by atoms with Gasteiger partial charge in [-0.15, -0.1) is 11.3 Å². The Labute approximate surface area is 127 Å². The molecule has 0 amide bonds. The number of rotatable bonds is 6. The molecule has 0 unspecified atom stereocenters. The van der Waals surface area contributed by atoms with Crippen LogP contribution in [0.5, 0.6) is 0 Å². The summed E-state index contributed by atoms with van der Waals surface area (Å²) in [5.74, 6) is 0.151. The van der Waals surface area contributed by atoms with Gasteiger partial charge < -0.3 is 5.32 Å². The number of anilines is 1. The van der Waals surface area contributed by atoms with Crippen molar-refractivity contribution in [1.29, 1.82) is 0 Å². The van der Waals surface area contributed by atoms with E-state index in [1.807, 2.05) is 13.0 Å². The standard InChI is InChI=1S/C13H15ClN2O2S2/c1-2-7-20(17,18)12-6-4-3-5-11(12)15-8-10-9-16-13(14)19-10/h3-6,9,15H,2,7-8H2,1H3. The van der Waals surface area contributed by atoms with Gasteiger partial charge in [-0.2, -0.15) is 0 Å². The average molecular weight is 331 g/mol. The molecule has 0 bridgehead atoms. The van der Waals surface area contributed by atoms with Crippen molar-refractivity contribution in [3.05, 3.63) is 39.8 Å². The summed E-state index contributed by atoms with van der Waals surface area (Å²) >= 11 is 7.14. The zero-order chi connectivity index (χ0) is 14.6. The number of sulfone groups is 1. The highest BCUT2D eigenvalue weighted by molar-refractivity contribution is 7.91. The molecule has 1 aromatic carbocycles. The molecule has 1 aromatic heterocycles. The molecule has 0 spiro atoms. The third kappa shape index (κ3) is 3.71. The molecule has 4 nitrogen and oxygen atoms in total. The van der Waals surface area contributed by atoms with Gasteiger partial charge >= 0.3 is 0 Å². The molecule has 108 valence electrons. The Balaban J connectivity index is 2.20. The fraction of sp³-hybridized carbons (Fsp3) is 0.308. The molecule has 0 saturated heterocycles. The van der Waals surface area contributed by atoms with Crippen LogP contribution >= 0.6 is 22.9 Å². The highest BCUT2D eigenvalue weighted by Gasteiger charge is 2.17. The van der Waals surface area contributed by atoms with Crippen LogP contribution in [-0.4, -0.2) is 19.2 Å². The fourth-order valence-corrected chi connectivity index (χ4v) is 4.25. The van der Waals surface area contributed by atoms with Gasteiger partial charge in [0.2, 0.25) is 0 Å². The summed E-state index contributed by atoms with van der Waals surface area (Å²) in [5.41, 5.74) is 0.616. The van der Waals surface area contributed by atoms with Gasteiger partial charge in [0.15, 0.2) is 14.3 Å². The zero-order valence-corrected chi connectivity index (χ0v) is 13.4. The van der Waals surface area contributed by atoms with Crippen LogP contribution in [0.3, 0.4) is 0 Å². The zero-order valence-electron chi connectivity index (χ0n) is 11.0. The van der Waals surface area contributed by atoms with Crippen molar-refractivity contribution >= 4 is 38.5 Å². The van der Waals surface area contributed by atoms with E-state index in [-0.39, 0.29) is 5.75 Å². The van der Waals surface area contributed by atoms with Gasteiger partial charge in [-0.25, -0.2) is 13.4 Å². The molecule has 0 fully saturated rings. The third-order valence-corrected chi connectivity index (χ3v) is 5.76. The van der Waals surface area contributed by atoms with E-state index >= 15 is 0 Å². The van der Waals surface area contributed by atoms with Crippen molar-refractivity contribution in [2.45, 2.75) is 24.8 Å². The molecule has 0 aliphatic heterocycles. The van der Waals surface area contributed by atoms with Gasteiger partial charge in [0.25, 0.3) is 0 Å². The van der Waals surface area contributed by atoms with Crippen molar-refractivity contribution in [2.75, 3.05) is 11.1 Å². The maximum atomic E-state index is 12.2.